The Kier molecular flexibility index (Phi) is 3.97. The first-order chi connectivity index (χ1) is 7.06. The fourth-order valence-electron chi connectivity index (χ4n) is 1.55. The number of hydrogen-bond acceptors (Lipinski definition) is 2. The van der Waals surface area contributed by atoms with Gasteiger partial charge in [-0.1, -0.05) is 6.92 Å². The summed E-state index contributed by atoms with van der Waals surface area (Å²) < 4.78 is 12.8. The van der Waals surface area contributed by atoms with Crippen molar-refractivity contribution in [1.82, 2.24) is 0 Å². The van der Waals surface area contributed by atoms with Crippen LogP contribution in [-0.2, 0) is 0 Å². The average molecular weight is 209 g/mol. The van der Waals surface area contributed by atoms with Crippen LogP contribution in [0.3, 0.4) is 0 Å². The van der Waals surface area contributed by atoms with Crippen molar-refractivity contribution in [2.24, 2.45) is 11.7 Å². The van der Waals surface area contributed by atoms with Gasteiger partial charge in [0.2, 0.25) is 0 Å². The molecule has 0 saturated heterocycles. The maximum absolute atomic E-state index is 12.8. The smallest absolute Gasteiger partial charge is 0.165 e. The van der Waals surface area contributed by atoms with Crippen molar-refractivity contribution in [3.63, 3.8) is 0 Å². The number of carbonyl (C=O) groups is 1. The number of ketones is 1. The first kappa shape index (κ1) is 11.9. The third-order valence-corrected chi connectivity index (χ3v) is 2.50. The fourth-order valence-corrected chi connectivity index (χ4v) is 1.55. The van der Waals surface area contributed by atoms with E-state index in [4.69, 9.17) is 5.73 Å². The highest BCUT2D eigenvalue weighted by atomic mass is 19.1. The van der Waals surface area contributed by atoms with Gasteiger partial charge in [0.25, 0.3) is 0 Å². The van der Waals surface area contributed by atoms with E-state index in [0.29, 0.717) is 24.1 Å². The molecule has 2 nitrogen and oxygen atoms in total. The second kappa shape index (κ2) is 5.03. The normalized spacial score (nSPS) is 12.5. The second-order valence-electron chi connectivity index (χ2n) is 3.80. The minimum absolute atomic E-state index is 0.0398. The summed E-state index contributed by atoms with van der Waals surface area (Å²) >= 11 is 0. The van der Waals surface area contributed by atoms with Crippen LogP contribution < -0.4 is 5.73 Å². The largest absolute Gasteiger partial charge is 0.330 e. The Morgan fingerprint density at radius 1 is 1.53 bits per heavy atom. The first-order valence-corrected chi connectivity index (χ1v) is 5.06. The van der Waals surface area contributed by atoms with E-state index in [0.717, 1.165) is 0 Å². The minimum atomic E-state index is -0.310. The van der Waals surface area contributed by atoms with E-state index in [1.165, 1.54) is 12.1 Å². The Bertz CT molecular complexity index is 363. The van der Waals surface area contributed by atoms with E-state index in [2.05, 4.69) is 0 Å². The van der Waals surface area contributed by atoms with E-state index in [9.17, 15) is 9.18 Å². The molecule has 15 heavy (non-hydrogen) atoms. The molecule has 0 aliphatic heterocycles. The van der Waals surface area contributed by atoms with Gasteiger partial charge >= 0.3 is 0 Å². The molecule has 0 aromatic heterocycles. The van der Waals surface area contributed by atoms with Crippen molar-refractivity contribution in [2.45, 2.75) is 20.3 Å². The Morgan fingerprint density at radius 3 is 2.73 bits per heavy atom. The maximum atomic E-state index is 12.8. The average Bonchev–Trinajstić information content (AvgIpc) is 2.17. The molecule has 0 fully saturated rings. The summed E-state index contributed by atoms with van der Waals surface area (Å²) in [5.41, 5.74) is 6.67. The molecule has 0 bridgehead atoms. The predicted molar refractivity (Wildman–Crippen MR) is 58.3 cm³/mol. The summed E-state index contributed by atoms with van der Waals surface area (Å²) in [6.45, 7) is 4.08. The second-order valence-corrected chi connectivity index (χ2v) is 3.80. The van der Waals surface area contributed by atoms with Crippen LogP contribution in [0.4, 0.5) is 4.39 Å². The van der Waals surface area contributed by atoms with Gasteiger partial charge < -0.3 is 5.73 Å². The highest BCUT2D eigenvalue weighted by molar-refractivity contribution is 5.98. The molecule has 0 amide bonds. The fraction of sp³-hybridized carbons (Fsp3) is 0.417. The van der Waals surface area contributed by atoms with Gasteiger partial charge in [-0.3, -0.25) is 4.79 Å². The Balaban J connectivity index is 2.91. The van der Waals surface area contributed by atoms with Gasteiger partial charge in [-0.2, -0.15) is 0 Å². The zero-order valence-electron chi connectivity index (χ0n) is 9.09. The van der Waals surface area contributed by atoms with Gasteiger partial charge in [0.15, 0.2) is 5.78 Å². The van der Waals surface area contributed by atoms with E-state index in [1.807, 2.05) is 6.92 Å². The van der Waals surface area contributed by atoms with Gasteiger partial charge in [-0.25, -0.2) is 4.39 Å². The summed E-state index contributed by atoms with van der Waals surface area (Å²) in [7, 11) is 0. The quantitative estimate of drug-likeness (QED) is 0.773. The lowest BCUT2D eigenvalue weighted by Gasteiger charge is -2.10. The van der Waals surface area contributed by atoms with E-state index >= 15 is 0 Å². The molecule has 3 heteroatoms. The lowest BCUT2D eigenvalue weighted by atomic mass is 9.93. The van der Waals surface area contributed by atoms with Crippen LogP contribution in [0.15, 0.2) is 18.2 Å². The summed E-state index contributed by atoms with van der Waals surface area (Å²) in [5.74, 6) is -0.368. The molecular weight excluding hydrogens is 193 g/mol. The van der Waals surface area contributed by atoms with Gasteiger partial charge in [-0.15, -0.1) is 0 Å². The molecule has 1 rings (SSSR count). The molecule has 82 valence electrons. The summed E-state index contributed by atoms with van der Waals surface area (Å²) in [6.07, 6.45) is 0.662. The first-order valence-electron chi connectivity index (χ1n) is 5.06. The Labute approximate surface area is 89.3 Å². The standard InChI is InChI=1S/C12H16FNO/c1-8(5-6-14)12(15)11-4-3-10(13)7-9(11)2/h3-4,7-8H,5-6,14H2,1-2H3. The van der Waals surface area contributed by atoms with Crippen LogP contribution in [0.1, 0.15) is 29.3 Å². The van der Waals surface area contributed by atoms with Crippen LogP contribution in [0.5, 0.6) is 0 Å². The van der Waals surface area contributed by atoms with Crippen molar-refractivity contribution < 1.29 is 9.18 Å². The van der Waals surface area contributed by atoms with Crippen LogP contribution in [0, 0.1) is 18.7 Å². The molecule has 0 aliphatic carbocycles. The molecule has 1 unspecified atom stereocenters. The van der Waals surface area contributed by atoms with Gasteiger partial charge in [0.1, 0.15) is 5.82 Å². The Hall–Kier alpha value is -1.22. The van der Waals surface area contributed by atoms with Crippen molar-refractivity contribution in [2.75, 3.05) is 6.54 Å². The van der Waals surface area contributed by atoms with Crippen LogP contribution in [0.25, 0.3) is 0 Å². The van der Waals surface area contributed by atoms with E-state index in [-0.39, 0.29) is 17.5 Å². The number of benzene rings is 1. The van der Waals surface area contributed by atoms with E-state index < -0.39 is 0 Å². The summed E-state index contributed by atoms with van der Waals surface area (Å²) in [4.78, 5) is 11.9. The summed E-state index contributed by atoms with van der Waals surface area (Å²) in [5, 5.41) is 0. The monoisotopic (exact) mass is 209 g/mol. The summed E-state index contributed by atoms with van der Waals surface area (Å²) in [6, 6.07) is 4.23. The molecule has 1 atom stereocenters. The zero-order valence-corrected chi connectivity index (χ0v) is 9.09. The van der Waals surface area contributed by atoms with Crippen LogP contribution >= 0.6 is 0 Å². The maximum Gasteiger partial charge on any atom is 0.165 e. The molecule has 0 aliphatic rings. The predicted octanol–water partition coefficient (Wildman–Crippen LogP) is 2.30. The van der Waals surface area contributed by atoms with E-state index in [1.54, 1.807) is 13.0 Å². The van der Waals surface area contributed by atoms with Crippen LogP contribution in [0.2, 0.25) is 0 Å². The van der Waals surface area contributed by atoms with Crippen molar-refractivity contribution in [3.05, 3.63) is 35.1 Å². The highest BCUT2D eigenvalue weighted by Gasteiger charge is 2.16. The number of carbonyl (C=O) groups excluding carboxylic acids is 1. The number of hydrogen-bond donors (Lipinski definition) is 1. The molecule has 0 radical (unpaired) electrons. The molecule has 2 N–H and O–H groups in total. The molecule has 1 aromatic rings. The zero-order chi connectivity index (χ0) is 11.4. The van der Waals surface area contributed by atoms with Gasteiger partial charge in [0, 0.05) is 11.5 Å². The molecule has 0 heterocycles. The third-order valence-electron chi connectivity index (χ3n) is 2.50. The van der Waals surface area contributed by atoms with Gasteiger partial charge in [0.05, 0.1) is 0 Å². The lowest BCUT2D eigenvalue weighted by molar-refractivity contribution is 0.0925. The molecule has 0 saturated carbocycles. The van der Waals surface area contributed by atoms with Crippen LogP contribution in [-0.4, -0.2) is 12.3 Å². The lowest BCUT2D eigenvalue weighted by Crippen LogP contribution is -2.16. The van der Waals surface area contributed by atoms with Crippen molar-refractivity contribution in [1.29, 1.82) is 0 Å². The number of Topliss-reactive ketones (excluding diaryl/α,β-unsaturated/α-hetero) is 1. The molecular formula is C12H16FNO. The third kappa shape index (κ3) is 2.86. The minimum Gasteiger partial charge on any atom is -0.330 e. The van der Waals surface area contributed by atoms with Crippen molar-refractivity contribution >= 4 is 5.78 Å². The highest BCUT2D eigenvalue weighted by Crippen LogP contribution is 2.16. The topological polar surface area (TPSA) is 43.1 Å². The molecule has 1 aromatic carbocycles. The SMILES string of the molecule is Cc1cc(F)ccc1C(=O)C(C)CCN. The Morgan fingerprint density at radius 2 is 2.20 bits per heavy atom. The molecule has 0 spiro atoms. The number of nitrogens with two attached hydrogens (primary N) is 1. The number of rotatable bonds is 4. The van der Waals surface area contributed by atoms with Crippen molar-refractivity contribution in [3.8, 4) is 0 Å². The number of halogens is 1. The number of aryl methyl sites for hydroxylation is 1. The van der Waals surface area contributed by atoms with Gasteiger partial charge in [-0.05, 0) is 43.7 Å².